The van der Waals surface area contributed by atoms with Crippen molar-refractivity contribution in [3.8, 4) is 0 Å². The lowest BCUT2D eigenvalue weighted by Gasteiger charge is -2.00. The maximum absolute atomic E-state index is 11.3. The summed E-state index contributed by atoms with van der Waals surface area (Å²) in [5.41, 5.74) is 1.13. The second kappa shape index (κ2) is 3.80. The highest BCUT2D eigenvalue weighted by atomic mass is 16.4. The predicted octanol–water partition coefficient (Wildman–Crippen LogP) is 1.05. The van der Waals surface area contributed by atoms with Crippen molar-refractivity contribution in [2.75, 3.05) is 0 Å². The van der Waals surface area contributed by atoms with Crippen molar-refractivity contribution in [2.24, 2.45) is 0 Å². The van der Waals surface area contributed by atoms with Crippen LogP contribution in [-0.2, 0) is 4.79 Å². The van der Waals surface area contributed by atoms with Crippen molar-refractivity contribution in [1.82, 2.24) is 4.98 Å². The Hall–Kier alpha value is -1.71. The summed E-state index contributed by atoms with van der Waals surface area (Å²) >= 11 is 0. The third kappa shape index (κ3) is 2.37. The number of hydrogen-bond donors (Lipinski definition) is 1. The van der Waals surface area contributed by atoms with Gasteiger partial charge in [0.25, 0.3) is 0 Å². The number of carboxylic acid groups (broad SMARTS) is 1. The maximum atomic E-state index is 11.3. The second-order valence-corrected chi connectivity index (χ2v) is 2.68. The minimum Gasteiger partial charge on any atom is -0.481 e. The number of ketones is 1. The number of pyridine rings is 1. The van der Waals surface area contributed by atoms with E-state index in [4.69, 9.17) is 5.11 Å². The van der Waals surface area contributed by atoms with Crippen LogP contribution in [0.4, 0.5) is 0 Å². The van der Waals surface area contributed by atoms with Crippen LogP contribution in [0, 0.1) is 6.92 Å². The number of Topliss-reactive ketones (excluding diaryl/α,β-unsaturated/α-hetero) is 1. The number of carbonyl (C=O) groups is 2. The topological polar surface area (TPSA) is 67.3 Å². The fraction of sp³-hybridized carbons (Fsp3) is 0.222. The van der Waals surface area contributed by atoms with Gasteiger partial charge in [0.15, 0.2) is 5.78 Å². The van der Waals surface area contributed by atoms with E-state index in [2.05, 4.69) is 4.98 Å². The standard InChI is InChI=1S/C9H9NO3/c1-6-5-10-3-2-7(6)8(11)4-9(12)13/h2-3,5H,4H2,1H3,(H,12,13). The molecule has 68 valence electrons. The van der Waals surface area contributed by atoms with E-state index in [-0.39, 0.29) is 5.78 Å². The average Bonchev–Trinajstić information content (AvgIpc) is 2.03. The summed E-state index contributed by atoms with van der Waals surface area (Å²) in [4.78, 5) is 25.3. The minimum atomic E-state index is -1.11. The van der Waals surface area contributed by atoms with Crippen LogP contribution in [-0.4, -0.2) is 21.8 Å². The van der Waals surface area contributed by atoms with E-state index in [9.17, 15) is 9.59 Å². The Bertz CT molecular complexity index is 346. The molecule has 0 spiro atoms. The molecule has 0 saturated heterocycles. The molecule has 0 aliphatic rings. The van der Waals surface area contributed by atoms with Gasteiger partial charge >= 0.3 is 5.97 Å². The molecule has 0 atom stereocenters. The molecular weight excluding hydrogens is 170 g/mol. The third-order valence-corrected chi connectivity index (χ3v) is 1.63. The maximum Gasteiger partial charge on any atom is 0.311 e. The minimum absolute atomic E-state index is 0.382. The molecule has 0 aromatic carbocycles. The lowest BCUT2D eigenvalue weighted by molar-refractivity contribution is -0.135. The van der Waals surface area contributed by atoms with Gasteiger partial charge in [0.05, 0.1) is 0 Å². The van der Waals surface area contributed by atoms with Gasteiger partial charge in [-0.05, 0) is 18.6 Å². The van der Waals surface area contributed by atoms with E-state index in [0.717, 1.165) is 0 Å². The molecule has 0 bridgehead atoms. The quantitative estimate of drug-likeness (QED) is 0.556. The smallest absolute Gasteiger partial charge is 0.311 e. The number of nitrogens with zero attached hydrogens (tertiary/aromatic N) is 1. The molecule has 1 heterocycles. The first-order valence-electron chi connectivity index (χ1n) is 3.77. The largest absolute Gasteiger partial charge is 0.481 e. The van der Waals surface area contributed by atoms with E-state index in [0.29, 0.717) is 11.1 Å². The Labute approximate surface area is 75.2 Å². The summed E-state index contributed by atoms with van der Waals surface area (Å²) in [5, 5.41) is 8.40. The molecule has 13 heavy (non-hydrogen) atoms. The molecule has 1 aromatic heterocycles. The highest BCUT2D eigenvalue weighted by Crippen LogP contribution is 2.07. The average molecular weight is 179 g/mol. The molecule has 0 aliphatic carbocycles. The number of aromatic nitrogens is 1. The molecule has 1 rings (SSSR count). The summed E-state index contributed by atoms with van der Waals surface area (Å²) in [5.74, 6) is -1.49. The zero-order valence-electron chi connectivity index (χ0n) is 7.15. The van der Waals surface area contributed by atoms with Crippen LogP contribution in [0.15, 0.2) is 18.5 Å². The van der Waals surface area contributed by atoms with Crippen molar-refractivity contribution in [3.63, 3.8) is 0 Å². The Morgan fingerprint density at radius 1 is 1.54 bits per heavy atom. The molecule has 0 amide bonds. The Morgan fingerprint density at radius 3 is 2.77 bits per heavy atom. The highest BCUT2D eigenvalue weighted by Gasteiger charge is 2.12. The zero-order valence-corrected chi connectivity index (χ0v) is 7.15. The van der Waals surface area contributed by atoms with E-state index in [1.54, 1.807) is 6.92 Å². The molecule has 0 radical (unpaired) electrons. The molecular formula is C9H9NO3. The van der Waals surface area contributed by atoms with Crippen LogP contribution in [0.25, 0.3) is 0 Å². The summed E-state index contributed by atoms with van der Waals surface area (Å²) in [6, 6.07) is 1.53. The molecule has 0 fully saturated rings. The monoisotopic (exact) mass is 179 g/mol. The fourth-order valence-electron chi connectivity index (χ4n) is 1.02. The highest BCUT2D eigenvalue weighted by molar-refractivity contribution is 6.06. The van der Waals surface area contributed by atoms with Crippen LogP contribution in [0.5, 0.6) is 0 Å². The summed E-state index contributed by atoms with van der Waals surface area (Å²) in [6.07, 6.45) is 2.54. The van der Waals surface area contributed by atoms with Gasteiger partial charge in [0, 0.05) is 18.0 Å². The molecule has 4 heteroatoms. The van der Waals surface area contributed by atoms with Crippen LogP contribution < -0.4 is 0 Å². The van der Waals surface area contributed by atoms with Crippen molar-refractivity contribution in [2.45, 2.75) is 13.3 Å². The van der Waals surface area contributed by atoms with E-state index in [1.807, 2.05) is 0 Å². The second-order valence-electron chi connectivity index (χ2n) is 2.68. The SMILES string of the molecule is Cc1cnccc1C(=O)CC(=O)O. The molecule has 1 N–H and O–H groups in total. The van der Waals surface area contributed by atoms with Gasteiger partial charge in [-0.25, -0.2) is 0 Å². The number of rotatable bonds is 3. The lowest BCUT2D eigenvalue weighted by Crippen LogP contribution is -2.08. The van der Waals surface area contributed by atoms with E-state index in [1.165, 1.54) is 18.5 Å². The molecule has 4 nitrogen and oxygen atoms in total. The number of carboxylic acids is 1. The summed E-state index contributed by atoms with van der Waals surface area (Å²) < 4.78 is 0. The normalized spacial score (nSPS) is 9.62. The number of aryl methyl sites for hydroxylation is 1. The first-order chi connectivity index (χ1) is 6.11. The lowest BCUT2D eigenvalue weighted by atomic mass is 10.1. The van der Waals surface area contributed by atoms with Gasteiger partial charge in [-0.2, -0.15) is 0 Å². The zero-order chi connectivity index (χ0) is 9.84. The van der Waals surface area contributed by atoms with Gasteiger partial charge in [-0.15, -0.1) is 0 Å². The first kappa shape index (κ1) is 9.38. The number of aliphatic carboxylic acids is 1. The van der Waals surface area contributed by atoms with Crippen molar-refractivity contribution >= 4 is 11.8 Å². The Morgan fingerprint density at radius 2 is 2.23 bits per heavy atom. The van der Waals surface area contributed by atoms with Crippen LogP contribution >= 0.6 is 0 Å². The third-order valence-electron chi connectivity index (χ3n) is 1.63. The van der Waals surface area contributed by atoms with Crippen LogP contribution in [0.1, 0.15) is 22.3 Å². The summed E-state index contributed by atoms with van der Waals surface area (Å²) in [6.45, 7) is 1.72. The number of carbonyl (C=O) groups excluding carboxylic acids is 1. The van der Waals surface area contributed by atoms with E-state index < -0.39 is 12.4 Å². The number of hydrogen-bond acceptors (Lipinski definition) is 3. The van der Waals surface area contributed by atoms with Gasteiger partial charge in [-0.1, -0.05) is 0 Å². The van der Waals surface area contributed by atoms with Gasteiger partial charge in [0.1, 0.15) is 6.42 Å². The first-order valence-corrected chi connectivity index (χ1v) is 3.77. The Balaban J connectivity index is 2.89. The predicted molar refractivity (Wildman–Crippen MR) is 45.6 cm³/mol. The van der Waals surface area contributed by atoms with E-state index >= 15 is 0 Å². The molecule has 0 saturated carbocycles. The van der Waals surface area contributed by atoms with Crippen molar-refractivity contribution in [3.05, 3.63) is 29.6 Å². The van der Waals surface area contributed by atoms with Crippen molar-refractivity contribution in [1.29, 1.82) is 0 Å². The molecule has 0 unspecified atom stereocenters. The van der Waals surface area contributed by atoms with Crippen LogP contribution in [0.2, 0.25) is 0 Å². The van der Waals surface area contributed by atoms with Gasteiger partial charge in [0.2, 0.25) is 0 Å². The Kier molecular flexibility index (Phi) is 2.74. The summed E-state index contributed by atoms with van der Waals surface area (Å²) in [7, 11) is 0. The van der Waals surface area contributed by atoms with Gasteiger partial charge < -0.3 is 5.11 Å². The molecule has 1 aromatic rings. The molecule has 0 aliphatic heterocycles. The van der Waals surface area contributed by atoms with Crippen molar-refractivity contribution < 1.29 is 14.7 Å². The van der Waals surface area contributed by atoms with Gasteiger partial charge in [-0.3, -0.25) is 14.6 Å². The fourth-order valence-corrected chi connectivity index (χ4v) is 1.02. The van der Waals surface area contributed by atoms with Crippen LogP contribution in [0.3, 0.4) is 0 Å².